The van der Waals surface area contributed by atoms with E-state index in [1.807, 2.05) is 30.1 Å². The van der Waals surface area contributed by atoms with Gasteiger partial charge in [0.2, 0.25) is 0 Å². The monoisotopic (exact) mass is 408 g/mol. The summed E-state index contributed by atoms with van der Waals surface area (Å²) in [6.07, 6.45) is 9.70. The number of carboxylic acid groups (broad SMARTS) is 1. The number of aliphatic carboxylic acids is 1. The Labute approximate surface area is 173 Å². The maximum Gasteiger partial charge on any atom is 0.306 e. The predicted octanol–water partition coefficient (Wildman–Crippen LogP) is 2.51. The lowest BCUT2D eigenvalue weighted by atomic mass is 9.82. The third kappa shape index (κ3) is 4.10. The van der Waals surface area contributed by atoms with Gasteiger partial charge in [-0.05, 0) is 49.8 Å². The number of anilines is 2. The summed E-state index contributed by atoms with van der Waals surface area (Å²) >= 11 is 0. The third-order valence-corrected chi connectivity index (χ3v) is 5.72. The van der Waals surface area contributed by atoms with Crippen LogP contribution in [0.25, 0.3) is 5.65 Å². The molecule has 1 amide bonds. The van der Waals surface area contributed by atoms with Gasteiger partial charge in [-0.15, -0.1) is 0 Å². The summed E-state index contributed by atoms with van der Waals surface area (Å²) in [5.41, 5.74) is 1.78. The molecule has 3 aromatic rings. The zero-order valence-electron chi connectivity index (χ0n) is 16.7. The topological polar surface area (TPSA) is 113 Å². The Morgan fingerprint density at radius 3 is 2.73 bits per heavy atom. The van der Waals surface area contributed by atoms with Crippen LogP contribution in [0.4, 0.5) is 11.5 Å². The molecule has 0 aliphatic heterocycles. The molecule has 0 bridgehead atoms. The highest BCUT2D eigenvalue weighted by Gasteiger charge is 2.26. The van der Waals surface area contributed by atoms with Crippen LogP contribution < -0.4 is 10.2 Å². The second-order valence-electron chi connectivity index (χ2n) is 7.65. The molecule has 2 N–H and O–H groups in total. The van der Waals surface area contributed by atoms with Crippen LogP contribution >= 0.6 is 0 Å². The smallest absolute Gasteiger partial charge is 0.306 e. The molecular formula is C21H24N6O3. The number of carboxylic acids is 1. The van der Waals surface area contributed by atoms with Crippen LogP contribution in [0.1, 0.15) is 36.0 Å². The van der Waals surface area contributed by atoms with Gasteiger partial charge in [0.05, 0.1) is 24.0 Å². The van der Waals surface area contributed by atoms with Gasteiger partial charge in [-0.25, -0.2) is 9.50 Å². The summed E-state index contributed by atoms with van der Waals surface area (Å²) in [6.45, 7) is 0.526. The summed E-state index contributed by atoms with van der Waals surface area (Å²) in [4.78, 5) is 34.5. The number of hydrogen-bond acceptors (Lipinski definition) is 6. The third-order valence-electron chi connectivity index (χ3n) is 5.72. The predicted molar refractivity (Wildman–Crippen MR) is 111 cm³/mol. The van der Waals surface area contributed by atoms with Crippen molar-refractivity contribution in [3.63, 3.8) is 0 Å². The molecule has 0 saturated heterocycles. The maximum atomic E-state index is 12.8. The van der Waals surface area contributed by atoms with Crippen LogP contribution in [-0.2, 0) is 4.79 Å². The van der Waals surface area contributed by atoms with Gasteiger partial charge in [0.15, 0.2) is 5.65 Å². The zero-order chi connectivity index (χ0) is 21.1. The molecule has 9 nitrogen and oxygen atoms in total. The maximum absolute atomic E-state index is 12.8. The van der Waals surface area contributed by atoms with Crippen LogP contribution in [0, 0.1) is 11.8 Å². The van der Waals surface area contributed by atoms with Gasteiger partial charge in [0, 0.05) is 26.0 Å². The second kappa shape index (κ2) is 8.48. The Hall–Kier alpha value is -3.49. The van der Waals surface area contributed by atoms with Crippen LogP contribution in [0.15, 0.2) is 43.0 Å². The van der Waals surface area contributed by atoms with E-state index in [4.69, 9.17) is 5.11 Å². The molecule has 1 aliphatic rings. The van der Waals surface area contributed by atoms with Crippen molar-refractivity contribution in [2.75, 3.05) is 18.5 Å². The first-order chi connectivity index (χ1) is 14.5. The fourth-order valence-electron chi connectivity index (χ4n) is 3.84. The lowest BCUT2D eigenvalue weighted by Gasteiger charge is -2.26. The standard InChI is InChI=1S/C21H24N6O3/c1-26(16-3-2-9-22-12-16)18-8-10-27-19(25-18)17(13-24-27)20(28)23-11-14-4-6-15(7-5-14)21(29)30/h2-3,8-10,12-15H,4-7,11H2,1H3,(H,23,28)(H,29,30). The van der Waals surface area contributed by atoms with E-state index in [2.05, 4.69) is 20.4 Å². The van der Waals surface area contributed by atoms with E-state index < -0.39 is 5.97 Å². The van der Waals surface area contributed by atoms with Crippen LogP contribution in [0.5, 0.6) is 0 Å². The highest BCUT2D eigenvalue weighted by Crippen LogP contribution is 2.28. The molecule has 156 valence electrons. The Balaban J connectivity index is 1.45. The molecular weight excluding hydrogens is 384 g/mol. The number of carbonyl (C=O) groups excluding carboxylic acids is 1. The number of pyridine rings is 1. The lowest BCUT2D eigenvalue weighted by Crippen LogP contribution is -2.32. The van der Waals surface area contributed by atoms with Crippen LogP contribution in [0.3, 0.4) is 0 Å². The molecule has 3 aromatic heterocycles. The summed E-state index contributed by atoms with van der Waals surface area (Å²) in [7, 11) is 1.89. The van der Waals surface area contributed by atoms with Crippen molar-refractivity contribution in [2.45, 2.75) is 25.7 Å². The highest BCUT2D eigenvalue weighted by molar-refractivity contribution is 5.99. The molecule has 9 heteroatoms. The Morgan fingerprint density at radius 2 is 2.03 bits per heavy atom. The zero-order valence-corrected chi connectivity index (χ0v) is 16.7. The molecule has 4 rings (SSSR count). The second-order valence-corrected chi connectivity index (χ2v) is 7.65. The van der Waals surface area contributed by atoms with Gasteiger partial charge in [-0.1, -0.05) is 0 Å². The lowest BCUT2D eigenvalue weighted by molar-refractivity contribution is -0.143. The van der Waals surface area contributed by atoms with Gasteiger partial charge in [0.25, 0.3) is 5.91 Å². The number of hydrogen-bond donors (Lipinski definition) is 2. The Morgan fingerprint density at radius 1 is 1.23 bits per heavy atom. The van der Waals surface area contributed by atoms with Crippen molar-refractivity contribution >= 4 is 29.0 Å². The van der Waals surface area contributed by atoms with Gasteiger partial charge >= 0.3 is 5.97 Å². The van der Waals surface area contributed by atoms with Gasteiger partial charge < -0.3 is 15.3 Å². The molecule has 0 aromatic carbocycles. The molecule has 3 heterocycles. The van der Waals surface area contributed by atoms with E-state index in [9.17, 15) is 9.59 Å². The van der Waals surface area contributed by atoms with Crippen molar-refractivity contribution in [1.29, 1.82) is 0 Å². The summed E-state index contributed by atoms with van der Waals surface area (Å²) in [5.74, 6) is -0.222. The first-order valence-electron chi connectivity index (χ1n) is 10.0. The SMILES string of the molecule is CN(c1cccnc1)c1ccn2ncc(C(=O)NCC3CCC(C(=O)O)CC3)c2n1. The van der Waals surface area contributed by atoms with Crippen molar-refractivity contribution < 1.29 is 14.7 Å². The molecule has 0 spiro atoms. The van der Waals surface area contributed by atoms with E-state index in [0.717, 1.165) is 18.5 Å². The normalized spacial score (nSPS) is 18.8. The minimum absolute atomic E-state index is 0.223. The fourth-order valence-corrected chi connectivity index (χ4v) is 3.84. The average molecular weight is 408 g/mol. The Kier molecular flexibility index (Phi) is 5.60. The molecule has 30 heavy (non-hydrogen) atoms. The number of amides is 1. The summed E-state index contributed by atoms with van der Waals surface area (Å²) in [5, 5.41) is 16.3. The highest BCUT2D eigenvalue weighted by atomic mass is 16.4. The van der Waals surface area contributed by atoms with Crippen LogP contribution in [0.2, 0.25) is 0 Å². The summed E-state index contributed by atoms with van der Waals surface area (Å²) < 4.78 is 1.58. The van der Waals surface area contributed by atoms with E-state index in [1.54, 1.807) is 23.1 Å². The minimum atomic E-state index is -0.720. The molecule has 0 radical (unpaired) electrons. The largest absolute Gasteiger partial charge is 0.481 e. The number of carbonyl (C=O) groups is 2. The van der Waals surface area contributed by atoms with Crippen molar-refractivity contribution in [2.24, 2.45) is 11.8 Å². The van der Waals surface area contributed by atoms with Crippen molar-refractivity contribution in [1.82, 2.24) is 24.9 Å². The van der Waals surface area contributed by atoms with E-state index in [-0.39, 0.29) is 11.8 Å². The molecule has 1 fully saturated rings. The Bertz CT molecular complexity index is 1040. The molecule has 1 aliphatic carbocycles. The number of aromatic nitrogens is 4. The molecule has 0 atom stereocenters. The first kappa shape index (κ1) is 19.8. The molecule has 1 saturated carbocycles. The average Bonchev–Trinajstić information content (AvgIpc) is 3.21. The van der Waals surface area contributed by atoms with E-state index >= 15 is 0 Å². The summed E-state index contributed by atoms with van der Waals surface area (Å²) in [6, 6.07) is 5.61. The fraction of sp³-hybridized carbons (Fsp3) is 0.381. The van der Waals surface area contributed by atoms with Gasteiger partial charge in [-0.3, -0.25) is 14.6 Å². The minimum Gasteiger partial charge on any atom is -0.481 e. The number of fused-ring (bicyclic) bond motifs is 1. The first-order valence-corrected chi connectivity index (χ1v) is 10.0. The van der Waals surface area contributed by atoms with E-state index in [1.165, 1.54) is 6.20 Å². The van der Waals surface area contributed by atoms with Gasteiger partial charge in [-0.2, -0.15) is 5.10 Å². The quantitative estimate of drug-likeness (QED) is 0.644. The van der Waals surface area contributed by atoms with Gasteiger partial charge in [0.1, 0.15) is 11.4 Å². The molecule has 0 unspecified atom stereocenters. The van der Waals surface area contributed by atoms with Crippen molar-refractivity contribution in [3.8, 4) is 0 Å². The van der Waals surface area contributed by atoms with E-state index in [0.29, 0.717) is 42.3 Å². The van der Waals surface area contributed by atoms with Crippen LogP contribution in [-0.4, -0.2) is 50.2 Å². The van der Waals surface area contributed by atoms with Crippen molar-refractivity contribution in [3.05, 3.63) is 48.5 Å². The number of nitrogens with zero attached hydrogens (tertiary/aromatic N) is 5. The number of rotatable bonds is 6. The number of nitrogens with one attached hydrogen (secondary N) is 1.